The van der Waals surface area contributed by atoms with Crippen LogP contribution in [0.5, 0.6) is 0 Å². The van der Waals surface area contributed by atoms with Crippen molar-refractivity contribution in [2.45, 2.75) is 36.8 Å². The van der Waals surface area contributed by atoms with Crippen molar-refractivity contribution in [3.8, 4) is 0 Å². The molecule has 0 aromatic carbocycles. The number of hydrogen-bond acceptors (Lipinski definition) is 8. The molecule has 0 aliphatic carbocycles. The van der Waals surface area contributed by atoms with Crippen LogP contribution < -0.4 is 5.73 Å². The number of hydrogen-bond donors (Lipinski definition) is 6. The van der Waals surface area contributed by atoms with Gasteiger partial charge in [0.15, 0.2) is 12.4 Å². The fourth-order valence-corrected chi connectivity index (χ4v) is 2.14. The van der Waals surface area contributed by atoms with Crippen LogP contribution in [0.1, 0.15) is 0 Å². The maximum atomic E-state index is 11.1. The molecule has 1 heterocycles. The van der Waals surface area contributed by atoms with Crippen LogP contribution in [0.25, 0.3) is 0 Å². The van der Waals surface area contributed by atoms with Gasteiger partial charge in [-0.1, -0.05) is 0 Å². The van der Waals surface area contributed by atoms with E-state index in [1.54, 1.807) is 0 Å². The van der Waals surface area contributed by atoms with Crippen molar-refractivity contribution in [1.29, 1.82) is 0 Å². The summed E-state index contributed by atoms with van der Waals surface area (Å²) in [4.78, 5) is 19.8. The lowest BCUT2D eigenvalue weighted by Crippen LogP contribution is -2.62. The highest BCUT2D eigenvalue weighted by atomic mass is 31.2. The molecule has 1 saturated heterocycles. The third-order valence-electron chi connectivity index (χ3n) is 2.51. The average Bonchev–Trinajstić information content (AvgIpc) is 2.27. The summed E-state index contributed by atoms with van der Waals surface area (Å²) in [6.45, 7) is 0.806. The highest BCUT2D eigenvalue weighted by Gasteiger charge is 2.49. The molecule has 7 atom stereocenters. The first kappa shape index (κ1) is 16.5. The fourth-order valence-electron chi connectivity index (χ4n) is 1.58. The summed E-state index contributed by atoms with van der Waals surface area (Å²) in [6, 6.07) is 0. The number of aliphatic hydroxyl groups excluding tert-OH is 4. The molecule has 10 nitrogen and oxygen atoms in total. The molecule has 1 aliphatic rings. The van der Waals surface area contributed by atoms with E-state index in [-0.39, 0.29) is 0 Å². The fraction of sp³-hybridized carbons (Fsp3) is 0.875. The normalized spacial score (nSPS) is 40.4. The topological polar surface area (TPSA) is 180 Å². The van der Waals surface area contributed by atoms with Crippen LogP contribution in [0.15, 0.2) is 0 Å². The molecule has 19 heavy (non-hydrogen) atoms. The Balaban J connectivity index is 2.91. The van der Waals surface area contributed by atoms with Crippen LogP contribution in [-0.2, 0) is 18.6 Å². The van der Waals surface area contributed by atoms with E-state index in [0.717, 1.165) is 6.66 Å². The second kappa shape index (κ2) is 5.81. The molecule has 0 bridgehead atoms. The molecule has 1 rings (SSSR count). The highest BCUT2D eigenvalue weighted by Crippen LogP contribution is 2.41. The highest BCUT2D eigenvalue weighted by molar-refractivity contribution is 7.51. The van der Waals surface area contributed by atoms with E-state index < -0.39 is 50.3 Å². The van der Waals surface area contributed by atoms with Gasteiger partial charge in [-0.25, -0.2) is 0 Å². The van der Waals surface area contributed by atoms with E-state index >= 15 is 0 Å². The Bertz CT molecular complexity index is 384. The summed E-state index contributed by atoms with van der Waals surface area (Å²) in [7, 11) is -4.07. The first-order valence-electron chi connectivity index (χ1n) is 5.20. The molecular formula is C8H16NO9P. The van der Waals surface area contributed by atoms with E-state index in [4.69, 9.17) is 15.4 Å². The van der Waals surface area contributed by atoms with E-state index in [2.05, 4.69) is 4.52 Å². The summed E-state index contributed by atoms with van der Waals surface area (Å²) < 4.78 is 20.4. The molecule has 0 aromatic rings. The van der Waals surface area contributed by atoms with Crippen LogP contribution in [0.4, 0.5) is 0 Å². The van der Waals surface area contributed by atoms with E-state index in [1.807, 2.05) is 0 Å². The molecule has 112 valence electrons. The van der Waals surface area contributed by atoms with Crippen LogP contribution in [0.3, 0.4) is 0 Å². The van der Waals surface area contributed by atoms with Crippen molar-refractivity contribution in [3.05, 3.63) is 0 Å². The Morgan fingerprint density at radius 1 is 1.32 bits per heavy atom. The number of rotatable bonds is 4. The number of nitrogens with two attached hydrogens (primary N) is 1. The summed E-state index contributed by atoms with van der Waals surface area (Å²) in [5, 5.41) is 38.0. The molecule has 7 N–H and O–H groups in total. The first-order chi connectivity index (χ1) is 8.54. The third kappa shape index (κ3) is 3.94. The summed E-state index contributed by atoms with van der Waals surface area (Å²) >= 11 is 0. The van der Waals surface area contributed by atoms with Crippen molar-refractivity contribution >= 4 is 13.5 Å². The number of carbonyl (C=O) groups excluding carboxylic acids is 1. The first-order valence-corrected chi connectivity index (χ1v) is 7.23. The zero-order valence-electron chi connectivity index (χ0n) is 9.86. The molecule has 1 aliphatic heterocycles. The van der Waals surface area contributed by atoms with Gasteiger partial charge in [-0.2, -0.15) is 0 Å². The van der Waals surface area contributed by atoms with Gasteiger partial charge in [-0.15, -0.1) is 0 Å². The zero-order chi connectivity index (χ0) is 15.0. The molecule has 1 amide bonds. The number of primary amides is 1. The monoisotopic (exact) mass is 301 g/mol. The van der Waals surface area contributed by atoms with Gasteiger partial charge in [-0.05, 0) is 0 Å². The van der Waals surface area contributed by atoms with Gasteiger partial charge in [0.25, 0.3) is 0 Å². The van der Waals surface area contributed by atoms with Gasteiger partial charge < -0.3 is 35.8 Å². The molecule has 0 spiro atoms. The van der Waals surface area contributed by atoms with Gasteiger partial charge in [0.05, 0.1) is 0 Å². The van der Waals surface area contributed by atoms with Crippen LogP contribution >= 0.6 is 7.60 Å². The van der Waals surface area contributed by atoms with E-state index in [0.29, 0.717) is 0 Å². The SMILES string of the molecule is CP(=O)(O)O[C@@H]1OC([C@H](O)C(N)=O)[C@@H](O)[C@H](O)C1O. The van der Waals surface area contributed by atoms with Crippen molar-refractivity contribution < 1.29 is 43.9 Å². The van der Waals surface area contributed by atoms with Gasteiger partial charge in [0, 0.05) is 6.66 Å². The minimum absolute atomic E-state index is 0.806. The molecular weight excluding hydrogens is 285 g/mol. The van der Waals surface area contributed by atoms with E-state index in [9.17, 15) is 29.8 Å². The van der Waals surface area contributed by atoms with Gasteiger partial charge >= 0.3 is 7.60 Å². The minimum Gasteiger partial charge on any atom is -0.387 e. The summed E-state index contributed by atoms with van der Waals surface area (Å²) in [5.74, 6) is -1.24. The van der Waals surface area contributed by atoms with Crippen LogP contribution in [0.2, 0.25) is 0 Å². The van der Waals surface area contributed by atoms with E-state index in [1.165, 1.54) is 0 Å². The second-order valence-corrected chi connectivity index (χ2v) is 6.01. The smallest absolute Gasteiger partial charge is 0.327 e. The van der Waals surface area contributed by atoms with Gasteiger partial charge in [0.2, 0.25) is 5.91 Å². The third-order valence-corrected chi connectivity index (χ3v) is 3.11. The minimum atomic E-state index is -4.07. The lowest BCUT2D eigenvalue weighted by atomic mass is 9.95. The lowest BCUT2D eigenvalue weighted by molar-refractivity contribution is -0.286. The molecule has 0 aromatic heterocycles. The van der Waals surface area contributed by atoms with Crippen LogP contribution in [0, 0.1) is 0 Å². The van der Waals surface area contributed by atoms with Crippen molar-refractivity contribution in [2.24, 2.45) is 5.73 Å². The Morgan fingerprint density at radius 3 is 2.26 bits per heavy atom. The number of amides is 1. The lowest BCUT2D eigenvalue weighted by Gasteiger charge is -2.41. The Labute approximate surface area is 107 Å². The predicted molar refractivity (Wildman–Crippen MR) is 58.7 cm³/mol. The molecule has 0 radical (unpaired) electrons. The predicted octanol–water partition coefficient (Wildman–Crippen LogP) is -3.53. The molecule has 11 heteroatoms. The second-order valence-electron chi connectivity index (χ2n) is 4.20. The Kier molecular flexibility index (Phi) is 5.04. The molecule has 0 saturated carbocycles. The summed E-state index contributed by atoms with van der Waals surface area (Å²) in [6.07, 6.45) is -11.0. The molecule has 3 unspecified atom stereocenters. The number of carbonyl (C=O) groups is 1. The number of ether oxygens (including phenoxy) is 1. The Morgan fingerprint density at radius 2 is 1.84 bits per heavy atom. The van der Waals surface area contributed by atoms with Crippen molar-refractivity contribution in [1.82, 2.24) is 0 Å². The number of aliphatic hydroxyl groups is 4. The Hall–Kier alpha value is -0.580. The van der Waals surface area contributed by atoms with Gasteiger partial charge in [-0.3, -0.25) is 13.9 Å². The zero-order valence-corrected chi connectivity index (χ0v) is 10.8. The largest absolute Gasteiger partial charge is 0.387 e. The standard InChI is InChI=1S/C8H16NO9P/c1-19(15,16)18-8-4(12)2(10)3(11)6(17-8)5(13)7(9)14/h2-6,8,10-13H,1H3,(H2,9,14)(H,15,16)/t2-,3-,4?,5-,6?,8-/m0/s1. The quantitative estimate of drug-likeness (QED) is 0.287. The van der Waals surface area contributed by atoms with Crippen LogP contribution in [-0.4, -0.2) is 74.7 Å². The van der Waals surface area contributed by atoms with Gasteiger partial charge in [0.1, 0.15) is 24.4 Å². The van der Waals surface area contributed by atoms with Crippen molar-refractivity contribution in [2.75, 3.05) is 6.66 Å². The maximum Gasteiger partial charge on any atom is 0.327 e. The molecule has 1 fully saturated rings. The summed E-state index contributed by atoms with van der Waals surface area (Å²) in [5.41, 5.74) is 4.81. The maximum absolute atomic E-state index is 11.1. The average molecular weight is 301 g/mol. The van der Waals surface area contributed by atoms with Crippen molar-refractivity contribution in [3.63, 3.8) is 0 Å².